The first-order valence-electron chi connectivity index (χ1n) is 5.91. The third-order valence-electron chi connectivity index (χ3n) is 2.57. The molecule has 0 radical (unpaired) electrons. The molecule has 0 fully saturated rings. The first kappa shape index (κ1) is 13.5. The Hall–Kier alpha value is -1.59. The van der Waals surface area contributed by atoms with Crippen LogP contribution in [0.3, 0.4) is 0 Å². The van der Waals surface area contributed by atoms with Gasteiger partial charge < -0.3 is 4.79 Å². The lowest BCUT2D eigenvalue weighted by atomic mass is 10.2. The summed E-state index contributed by atoms with van der Waals surface area (Å²) in [6.07, 6.45) is 6.87. The second kappa shape index (κ2) is 7.65. The summed E-state index contributed by atoms with van der Waals surface area (Å²) in [6, 6.07) is 10.2. The van der Waals surface area contributed by atoms with E-state index in [4.69, 9.17) is 6.42 Å². The monoisotopic (exact) mass is 229 g/mol. The Morgan fingerprint density at radius 3 is 2.65 bits per heavy atom. The van der Waals surface area contributed by atoms with Gasteiger partial charge in [-0.25, -0.2) is 0 Å². The van der Waals surface area contributed by atoms with Gasteiger partial charge in [0, 0.05) is 13.0 Å². The Labute approximate surface area is 104 Å². The Bertz CT molecular complexity index is 378. The first-order chi connectivity index (χ1) is 8.22. The Kier molecular flexibility index (Phi) is 6.06. The molecule has 0 aromatic heterocycles. The summed E-state index contributed by atoms with van der Waals surface area (Å²) in [7, 11) is 0. The highest BCUT2D eigenvalue weighted by Gasteiger charge is 2.04. The molecule has 0 saturated carbocycles. The van der Waals surface area contributed by atoms with Crippen LogP contribution in [0, 0.1) is 12.3 Å². The molecule has 0 spiro atoms. The maximum Gasteiger partial charge on any atom is 0.129 e. The van der Waals surface area contributed by atoms with E-state index in [1.54, 1.807) is 6.92 Å². The molecule has 0 aliphatic rings. The highest BCUT2D eigenvalue weighted by atomic mass is 16.1. The van der Waals surface area contributed by atoms with Gasteiger partial charge >= 0.3 is 0 Å². The van der Waals surface area contributed by atoms with E-state index >= 15 is 0 Å². The summed E-state index contributed by atoms with van der Waals surface area (Å²) < 4.78 is 0. The minimum Gasteiger partial charge on any atom is -0.300 e. The van der Waals surface area contributed by atoms with Crippen molar-refractivity contribution in [3.8, 4) is 12.3 Å². The van der Waals surface area contributed by atoms with E-state index in [1.807, 2.05) is 18.2 Å². The number of carbonyl (C=O) groups is 1. The summed E-state index contributed by atoms with van der Waals surface area (Å²) in [5.41, 5.74) is 1.26. The normalized spacial score (nSPS) is 10.2. The van der Waals surface area contributed by atoms with Crippen molar-refractivity contribution in [1.29, 1.82) is 0 Å². The van der Waals surface area contributed by atoms with Crippen molar-refractivity contribution in [2.24, 2.45) is 0 Å². The lowest BCUT2D eigenvalue weighted by Crippen LogP contribution is -2.25. The molecule has 0 atom stereocenters. The SMILES string of the molecule is C#CCN(CCCC(C)=O)Cc1ccccc1. The third-order valence-corrected chi connectivity index (χ3v) is 2.57. The predicted molar refractivity (Wildman–Crippen MR) is 70.5 cm³/mol. The number of hydrogen-bond acceptors (Lipinski definition) is 2. The van der Waals surface area contributed by atoms with E-state index in [1.165, 1.54) is 5.56 Å². The Morgan fingerprint density at radius 2 is 2.06 bits per heavy atom. The molecule has 0 amide bonds. The van der Waals surface area contributed by atoms with E-state index in [9.17, 15) is 4.79 Å². The first-order valence-corrected chi connectivity index (χ1v) is 5.91. The second-order valence-corrected chi connectivity index (χ2v) is 4.21. The molecule has 1 aromatic carbocycles. The topological polar surface area (TPSA) is 20.3 Å². The highest BCUT2D eigenvalue weighted by Crippen LogP contribution is 2.05. The third kappa shape index (κ3) is 5.89. The fourth-order valence-electron chi connectivity index (χ4n) is 1.74. The predicted octanol–water partition coefficient (Wildman–Crippen LogP) is 2.49. The number of Topliss-reactive ketones (excluding diaryl/α,β-unsaturated/α-hetero) is 1. The number of terminal acetylenes is 1. The summed E-state index contributed by atoms with van der Waals surface area (Å²) in [5, 5.41) is 0. The second-order valence-electron chi connectivity index (χ2n) is 4.21. The summed E-state index contributed by atoms with van der Waals surface area (Å²) >= 11 is 0. The number of hydrogen-bond donors (Lipinski definition) is 0. The maximum absolute atomic E-state index is 10.9. The van der Waals surface area contributed by atoms with Crippen LogP contribution < -0.4 is 0 Å². The summed E-state index contributed by atoms with van der Waals surface area (Å²) in [5.74, 6) is 2.91. The van der Waals surface area contributed by atoms with Crippen LogP contribution >= 0.6 is 0 Å². The molecule has 0 N–H and O–H groups in total. The average molecular weight is 229 g/mol. The number of ketones is 1. The molecule has 0 aliphatic heterocycles. The minimum atomic E-state index is 0.241. The zero-order valence-electron chi connectivity index (χ0n) is 10.4. The van der Waals surface area contributed by atoms with Crippen molar-refractivity contribution in [3.63, 3.8) is 0 Å². The standard InChI is InChI=1S/C15H19NO/c1-3-11-16(12-7-8-14(2)17)13-15-9-5-4-6-10-15/h1,4-6,9-10H,7-8,11-13H2,2H3. The van der Waals surface area contributed by atoms with Gasteiger partial charge in [0.1, 0.15) is 5.78 Å². The van der Waals surface area contributed by atoms with Crippen molar-refractivity contribution in [2.75, 3.05) is 13.1 Å². The minimum absolute atomic E-state index is 0.241. The molecule has 0 bridgehead atoms. The molecule has 0 heterocycles. The van der Waals surface area contributed by atoms with E-state index in [-0.39, 0.29) is 5.78 Å². The highest BCUT2D eigenvalue weighted by molar-refractivity contribution is 5.75. The van der Waals surface area contributed by atoms with Gasteiger partial charge in [0.05, 0.1) is 6.54 Å². The molecule has 90 valence electrons. The fraction of sp³-hybridized carbons (Fsp3) is 0.400. The van der Waals surface area contributed by atoms with Gasteiger partial charge in [-0.2, -0.15) is 0 Å². The molecule has 1 rings (SSSR count). The molecule has 2 heteroatoms. The van der Waals surface area contributed by atoms with Crippen LogP contribution in [0.25, 0.3) is 0 Å². The molecule has 0 unspecified atom stereocenters. The van der Waals surface area contributed by atoms with Crippen molar-refractivity contribution in [1.82, 2.24) is 4.90 Å². The quantitative estimate of drug-likeness (QED) is 0.669. The van der Waals surface area contributed by atoms with Gasteiger partial charge in [0.25, 0.3) is 0 Å². The van der Waals surface area contributed by atoms with Crippen molar-refractivity contribution < 1.29 is 4.79 Å². The molecular weight excluding hydrogens is 210 g/mol. The van der Waals surface area contributed by atoms with Crippen LogP contribution in [-0.2, 0) is 11.3 Å². The van der Waals surface area contributed by atoms with Crippen LogP contribution in [0.5, 0.6) is 0 Å². The lowest BCUT2D eigenvalue weighted by Gasteiger charge is -2.19. The molecule has 17 heavy (non-hydrogen) atoms. The smallest absolute Gasteiger partial charge is 0.129 e. The fourth-order valence-corrected chi connectivity index (χ4v) is 1.74. The van der Waals surface area contributed by atoms with Crippen molar-refractivity contribution in [3.05, 3.63) is 35.9 Å². The number of nitrogens with zero attached hydrogens (tertiary/aromatic N) is 1. The van der Waals surface area contributed by atoms with Crippen LogP contribution in [0.2, 0.25) is 0 Å². The van der Waals surface area contributed by atoms with Gasteiger partial charge in [-0.05, 0) is 25.5 Å². The Balaban J connectivity index is 2.43. The maximum atomic E-state index is 10.9. The number of benzene rings is 1. The van der Waals surface area contributed by atoms with Crippen LogP contribution in [0.4, 0.5) is 0 Å². The van der Waals surface area contributed by atoms with Gasteiger partial charge in [0.2, 0.25) is 0 Å². The zero-order valence-corrected chi connectivity index (χ0v) is 10.4. The molecular formula is C15H19NO. The summed E-state index contributed by atoms with van der Waals surface area (Å²) in [4.78, 5) is 13.1. The molecule has 0 aliphatic carbocycles. The van der Waals surface area contributed by atoms with Gasteiger partial charge in [-0.1, -0.05) is 36.3 Å². The average Bonchev–Trinajstić information content (AvgIpc) is 2.30. The van der Waals surface area contributed by atoms with E-state index in [0.717, 1.165) is 19.5 Å². The summed E-state index contributed by atoms with van der Waals surface area (Å²) in [6.45, 7) is 3.98. The van der Waals surface area contributed by atoms with Crippen LogP contribution in [0.1, 0.15) is 25.3 Å². The number of carbonyl (C=O) groups excluding carboxylic acids is 1. The Morgan fingerprint density at radius 1 is 1.35 bits per heavy atom. The zero-order chi connectivity index (χ0) is 12.5. The van der Waals surface area contributed by atoms with Gasteiger partial charge in [0.15, 0.2) is 0 Å². The van der Waals surface area contributed by atoms with Crippen molar-refractivity contribution in [2.45, 2.75) is 26.3 Å². The van der Waals surface area contributed by atoms with Gasteiger partial charge in [-0.3, -0.25) is 4.90 Å². The van der Waals surface area contributed by atoms with Crippen LogP contribution in [-0.4, -0.2) is 23.8 Å². The van der Waals surface area contributed by atoms with E-state index < -0.39 is 0 Å². The number of rotatable bonds is 7. The van der Waals surface area contributed by atoms with Crippen LogP contribution in [0.15, 0.2) is 30.3 Å². The molecule has 0 saturated heterocycles. The molecule has 2 nitrogen and oxygen atoms in total. The van der Waals surface area contributed by atoms with Gasteiger partial charge in [-0.15, -0.1) is 6.42 Å². The largest absolute Gasteiger partial charge is 0.300 e. The van der Waals surface area contributed by atoms with E-state index in [2.05, 4.69) is 23.0 Å². The van der Waals surface area contributed by atoms with Crippen molar-refractivity contribution >= 4 is 5.78 Å². The molecule has 1 aromatic rings. The van der Waals surface area contributed by atoms with E-state index in [0.29, 0.717) is 13.0 Å². The lowest BCUT2D eigenvalue weighted by molar-refractivity contribution is -0.117.